The molecule has 1 aliphatic rings. The fourth-order valence-corrected chi connectivity index (χ4v) is 4.16. The average molecular weight is 485 g/mol. The van der Waals surface area contributed by atoms with Crippen LogP contribution in [-0.2, 0) is 11.0 Å². The third-order valence-corrected chi connectivity index (χ3v) is 5.85. The van der Waals surface area contributed by atoms with Crippen LogP contribution in [0.4, 0.5) is 24.7 Å². The Balaban J connectivity index is 2.05. The Labute approximate surface area is 196 Å². The fraction of sp³-hybridized carbons (Fsp3) is 0.125. The van der Waals surface area contributed by atoms with E-state index in [1.165, 1.54) is 4.57 Å². The molecule has 0 unspecified atom stereocenters. The zero-order valence-corrected chi connectivity index (χ0v) is 18.5. The molecule has 0 saturated carbocycles. The lowest BCUT2D eigenvalue weighted by molar-refractivity contribution is -0.136. The molecule has 1 aliphatic carbocycles. The SMILES string of the molecule is NC(=O)CSc1cc(C(F)(F)F)c2c(=O)cc(Nc3ccccc3)n(C3=CC=CC=CC3)c2n1. The molecule has 0 saturated heterocycles. The number of nitrogens with zero attached hydrogens (tertiary/aromatic N) is 2. The van der Waals surface area contributed by atoms with E-state index >= 15 is 0 Å². The summed E-state index contributed by atoms with van der Waals surface area (Å²) in [6, 6.07) is 10.9. The van der Waals surface area contributed by atoms with Crippen LogP contribution in [0, 0.1) is 0 Å². The number of thioether (sulfide) groups is 1. The number of alkyl halides is 3. The first-order chi connectivity index (χ1) is 16.2. The second-order valence-corrected chi connectivity index (χ2v) is 8.35. The highest BCUT2D eigenvalue weighted by Crippen LogP contribution is 2.37. The molecule has 0 bridgehead atoms. The van der Waals surface area contributed by atoms with Crippen LogP contribution >= 0.6 is 11.8 Å². The summed E-state index contributed by atoms with van der Waals surface area (Å²) in [7, 11) is 0. The van der Waals surface area contributed by atoms with Crippen molar-refractivity contribution in [2.45, 2.75) is 17.6 Å². The summed E-state index contributed by atoms with van der Waals surface area (Å²) in [5.74, 6) is -0.689. The summed E-state index contributed by atoms with van der Waals surface area (Å²) in [5, 5.41) is 2.51. The molecule has 4 rings (SSSR count). The van der Waals surface area contributed by atoms with Gasteiger partial charge in [0.25, 0.3) is 0 Å². The Kier molecular flexibility index (Phi) is 6.60. The minimum absolute atomic E-state index is 0.0658. The molecule has 0 fully saturated rings. The van der Waals surface area contributed by atoms with E-state index in [4.69, 9.17) is 5.73 Å². The lowest BCUT2D eigenvalue weighted by Crippen LogP contribution is -2.19. The predicted octanol–water partition coefficient (Wildman–Crippen LogP) is 5.09. The Morgan fingerprint density at radius 3 is 2.62 bits per heavy atom. The third kappa shape index (κ3) is 5.07. The van der Waals surface area contributed by atoms with Gasteiger partial charge in [0.05, 0.1) is 21.7 Å². The van der Waals surface area contributed by atoms with Crippen LogP contribution in [0.3, 0.4) is 0 Å². The highest BCUT2D eigenvalue weighted by molar-refractivity contribution is 7.99. The fourth-order valence-electron chi connectivity index (χ4n) is 3.52. The number of hydrogen-bond donors (Lipinski definition) is 2. The first kappa shape index (κ1) is 23.4. The number of nitrogens with one attached hydrogen (secondary N) is 1. The number of pyridine rings is 2. The van der Waals surface area contributed by atoms with Crippen molar-refractivity contribution < 1.29 is 18.0 Å². The van der Waals surface area contributed by atoms with Gasteiger partial charge in [-0.2, -0.15) is 13.2 Å². The molecule has 34 heavy (non-hydrogen) atoms. The van der Waals surface area contributed by atoms with Gasteiger partial charge < -0.3 is 11.1 Å². The second-order valence-electron chi connectivity index (χ2n) is 7.35. The van der Waals surface area contributed by atoms with Gasteiger partial charge in [-0.15, -0.1) is 0 Å². The van der Waals surface area contributed by atoms with Crippen molar-refractivity contribution in [2.24, 2.45) is 5.73 Å². The van der Waals surface area contributed by atoms with Gasteiger partial charge in [-0.1, -0.05) is 54.3 Å². The van der Waals surface area contributed by atoms with Crippen LogP contribution in [0.5, 0.6) is 0 Å². The maximum absolute atomic E-state index is 14.0. The van der Waals surface area contributed by atoms with Crippen LogP contribution in [0.1, 0.15) is 12.0 Å². The lowest BCUT2D eigenvalue weighted by atomic mass is 10.1. The molecular weight excluding hydrogens is 465 g/mol. The first-order valence-electron chi connectivity index (χ1n) is 10.2. The van der Waals surface area contributed by atoms with Gasteiger partial charge in [-0.3, -0.25) is 14.2 Å². The molecule has 6 nitrogen and oxygen atoms in total. The van der Waals surface area contributed by atoms with Crippen molar-refractivity contribution in [3.8, 4) is 0 Å². The number of carbonyl (C=O) groups excluding carboxylic acids is 1. The Morgan fingerprint density at radius 1 is 1.15 bits per heavy atom. The Morgan fingerprint density at radius 2 is 1.91 bits per heavy atom. The smallest absolute Gasteiger partial charge is 0.369 e. The van der Waals surface area contributed by atoms with Gasteiger partial charge in [0.1, 0.15) is 5.82 Å². The molecule has 0 spiro atoms. The van der Waals surface area contributed by atoms with Crippen molar-refractivity contribution in [1.29, 1.82) is 0 Å². The second kappa shape index (κ2) is 9.60. The van der Waals surface area contributed by atoms with Gasteiger partial charge in [0.15, 0.2) is 11.1 Å². The number of primary amides is 1. The van der Waals surface area contributed by atoms with Crippen LogP contribution in [-0.4, -0.2) is 21.2 Å². The molecule has 2 aromatic heterocycles. The van der Waals surface area contributed by atoms with Crippen molar-refractivity contribution in [1.82, 2.24) is 9.55 Å². The molecule has 0 radical (unpaired) electrons. The van der Waals surface area contributed by atoms with Crippen molar-refractivity contribution in [2.75, 3.05) is 11.1 Å². The first-order valence-corrected chi connectivity index (χ1v) is 11.2. The molecule has 10 heteroatoms. The Bertz CT molecular complexity index is 1390. The molecule has 1 aromatic carbocycles. The van der Waals surface area contributed by atoms with Gasteiger partial charge in [0.2, 0.25) is 5.91 Å². The lowest BCUT2D eigenvalue weighted by Gasteiger charge is -2.21. The number of anilines is 2. The summed E-state index contributed by atoms with van der Waals surface area (Å²) in [6.07, 6.45) is 4.54. The zero-order valence-electron chi connectivity index (χ0n) is 17.7. The van der Waals surface area contributed by atoms with Gasteiger partial charge in [0, 0.05) is 23.9 Å². The molecule has 1 amide bonds. The van der Waals surface area contributed by atoms with Gasteiger partial charge in [-0.25, -0.2) is 4.98 Å². The predicted molar refractivity (Wildman–Crippen MR) is 128 cm³/mol. The molecule has 0 atom stereocenters. The van der Waals surface area contributed by atoms with Crippen molar-refractivity contribution >= 4 is 45.9 Å². The van der Waals surface area contributed by atoms with Crippen molar-refractivity contribution in [3.63, 3.8) is 0 Å². The molecule has 3 N–H and O–H groups in total. The van der Waals surface area contributed by atoms with Gasteiger partial charge >= 0.3 is 6.18 Å². The number of allylic oxidation sites excluding steroid dienone is 6. The van der Waals surface area contributed by atoms with Gasteiger partial charge in [-0.05, 0) is 24.3 Å². The van der Waals surface area contributed by atoms with Crippen LogP contribution < -0.4 is 16.5 Å². The van der Waals surface area contributed by atoms with E-state index in [0.717, 1.165) is 23.9 Å². The normalized spacial score (nSPS) is 13.6. The number of halogens is 3. The number of rotatable bonds is 6. The van der Waals surface area contributed by atoms with E-state index in [-0.39, 0.29) is 22.2 Å². The van der Waals surface area contributed by atoms with E-state index in [0.29, 0.717) is 17.8 Å². The monoisotopic (exact) mass is 484 g/mol. The quantitative estimate of drug-likeness (QED) is 0.476. The minimum atomic E-state index is -4.81. The number of nitrogens with two attached hydrogens (primary N) is 1. The molecule has 174 valence electrons. The van der Waals surface area contributed by atoms with E-state index in [1.54, 1.807) is 42.5 Å². The Hall–Kier alpha value is -3.79. The van der Waals surface area contributed by atoms with E-state index in [1.807, 2.05) is 18.2 Å². The summed E-state index contributed by atoms with van der Waals surface area (Å²) >= 11 is 0.780. The van der Waals surface area contributed by atoms with Crippen LogP contribution in [0.25, 0.3) is 16.7 Å². The van der Waals surface area contributed by atoms with E-state index in [9.17, 15) is 22.8 Å². The third-order valence-electron chi connectivity index (χ3n) is 4.92. The van der Waals surface area contributed by atoms with Crippen molar-refractivity contribution in [3.05, 3.63) is 88.6 Å². The molecule has 3 aromatic rings. The maximum Gasteiger partial charge on any atom is 0.417 e. The molecular formula is C24H19F3N4O2S. The summed E-state index contributed by atoms with van der Waals surface area (Å²) in [4.78, 5) is 28.6. The number of aromatic nitrogens is 2. The summed E-state index contributed by atoms with van der Waals surface area (Å²) in [6.45, 7) is 0. The van der Waals surface area contributed by atoms with Crippen LogP contribution in [0.15, 0.2) is 82.7 Å². The topological polar surface area (TPSA) is 90.0 Å². The number of para-hydroxylation sites is 1. The minimum Gasteiger partial charge on any atom is -0.369 e. The zero-order chi connectivity index (χ0) is 24.3. The van der Waals surface area contributed by atoms with Crippen LogP contribution in [0.2, 0.25) is 0 Å². The molecule has 0 aliphatic heterocycles. The highest BCUT2D eigenvalue weighted by Gasteiger charge is 2.35. The number of fused-ring (bicyclic) bond motifs is 1. The standard InChI is InChI=1S/C24H19F3N4O2S/c25-24(26,27)17-12-21(34-14-19(28)33)30-23-22(17)18(32)13-20(29-15-8-4-3-5-9-15)31(23)16-10-6-1-2-7-11-16/h1-10,12-13,29H,11,14H2,(H2,28,33). The van der Waals surface area contributed by atoms with E-state index in [2.05, 4.69) is 10.3 Å². The summed E-state index contributed by atoms with van der Waals surface area (Å²) < 4.78 is 43.6. The maximum atomic E-state index is 14.0. The van der Waals surface area contributed by atoms with E-state index < -0.39 is 28.5 Å². The molecule has 2 heterocycles. The number of amides is 1. The number of hydrogen-bond acceptors (Lipinski definition) is 5. The highest BCUT2D eigenvalue weighted by atomic mass is 32.2. The average Bonchev–Trinajstić information content (AvgIpc) is 3.06. The largest absolute Gasteiger partial charge is 0.417 e. The number of carbonyl (C=O) groups is 1. The number of benzene rings is 1. The summed E-state index contributed by atoms with van der Waals surface area (Å²) in [5.41, 5.74) is 4.32.